The van der Waals surface area contributed by atoms with E-state index >= 15 is 0 Å². The smallest absolute Gasteiger partial charge is 0.305 e. The van der Waals surface area contributed by atoms with Gasteiger partial charge >= 0.3 is 5.97 Å². The lowest BCUT2D eigenvalue weighted by Crippen LogP contribution is -2.45. The molecule has 0 aromatic heterocycles. The normalized spacial score (nSPS) is 12.6. The van der Waals surface area contributed by atoms with Crippen LogP contribution in [0.1, 0.15) is 335 Å². The molecular weight excluding hydrogens is 815 g/mol. The van der Waals surface area contributed by atoms with Crippen LogP contribution in [0.4, 0.5) is 0 Å². The molecule has 6 heteroatoms. The molecule has 1 amide bonds. The average Bonchev–Trinajstić information content (AvgIpc) is 3.32. The topological polar surface area (TPSA) is 95.9 Å². The van der Waals surface area contributed by atoms with E-state index < -0.39 is 12.1 Å². The molecule has 392 valence electrons. The maximum Gasteiger partial charge on any atom is 0.305 e. The standard InChI is InChI=1S/C60H117NO5/c1-3-5-7-9-11-13-15-16-26-29-33-36-40-44-48-52-58(63)57(56-62)61-59(64)53-49-45-41-37-34-30-27-24-22-20-18-17-19-21-23-25-28-31-35-39-43-47-51-55-66-60(65)54-50-46-42-38-32-14-12-10-8-6-4-2/h48,52,57-58,62-63H,3-47,49-51,53-56H2,1-2H3,(H,61,64)/b52-48+. The van der Waals surface area contributed by atoms with Crippen LogP contribution in [0.15, 0.2) is 12.2 Å². The number of ether oxygens (including phenoxy) is 1. The van der Waals surface area contributed by atoms with Crippen LogP contribution in [-0.4, -0.2) is 47.4 Å². The van der Waals surface area contributed by atoms with Gasteiger partial charge in [-0.3, -0.25) is 9.59 Å². The summed E-state index contributed by atoms with van der Waals surface area (Å²) in [6, 6.07) is -0.626. The van der Waals surface area contributed by atoms with Gasteiger partial charge in [-0.2, -0.15) is 0 Å². The monoisotopic (exact) mass is 932 g/mol. The minimum Gasteiger partial charge on any atom is -0.466 e. The Morgan fingerprint density at radius 2 is 0.697 bits per heavy atom. The molecule has 0 heterocycles. The molecule has 0 aromatic carbocycles. The predicted molar refractivity (Wildman–Crippen MR) is 287 cm³/mol. The van der Waals surface area contributed by atoms with E-state index in [1.807, 2.05) is 6.08 Å². The first-order valence-electron chi connectivity index (χ1n) is 30.0. The van der Waals surface area contributed by atoms with Gasteiger partial charge in [-0.05, 0) is 32.1 Å². The van der Waals surface area contributed by atoms with Crippen LogP contribution >= 0.6 is 0 Å². The lowest BCUT2D eigenvalue weighted by molar-refractivity contribution is -0.143. The van der Waals surface area contributed by atoms with Crippen molar-refractivity contribution in [1.29, 1.82) is 0 Å². The third kappa shape index (κ3) is 52.0. The summed E-state index contributed by atoms with van der Waals surface area (Å²) in [6.07, 6.45) is 66.7. The molecule has 2 unspecified atom stereocenters. The fourth-order valence-electron chi connectivity index (χ4n) is 9.46. The van der Waals surface area contributed by atoms with Gasteiger partial charge in [-0.1, -0.05) is 302 Å². The highest BCUT2D eigenvalue weighted by molar-refractivity contribution is 5.76. The average molecular weight is 933 g/mol. The summed E-state index contributed by atoms with van der Waals surface area (Å²) in [5.74, 6) is -0.0514. The van der Waals surface area contributed by atoms with E-state index in [0.29, 0.717) is 19.4 Å². The number of carbonyl (C=O) groups is 2. The number of aliphatic hydroxyl groups excluding tert-OH is 2. The number of amides is 1. The van der Waals surface area contributed by atoms with Crippen LogP contribution in [0.2, 0.25) is 0 Å². The van der Waals surface area contributed by atoms with E-state index in [0.717, 1.165) is 38.5 Å². The number of carbonyl (C=O) groups excluding carboxylic acids is 2. The Kier molecular flexibility index (Phi) is 55.0. The van der Waals surface area contributed by atoms with Gasteiger partial charge in [-0.15, -0.1) is 0 Å². The fraction of sp³-hybridized carbons (Fsp3) is 0.933. The second kappa shape index (κ2) is 56.2. The van der Waals surface area contributed by atoms with Gasteiger partial charge in [0.25, 0.3) is 0 Å². The Labute approximate surface area is 412 Å². The summed E-state index contributed by atoms with van der Waals surface area (Å²) in [6.45, 7) is 4.92. The van der Waals surface area contributed by atoms with Crippen molar-refractivity contribution in [2.45, 2.75) is 347 Å². The summed E-state index contributed by atoms with van der Waals surface area (Å²) < 4.78 is 5.47. The highest BCUT2D eigenvalue weighted by Crippen LogP contribution is 2.18. The Bertz CT molecular complexity index is 986. The molecule has 0 spiro atoms. The zero-order valence-electron chi connectivity index (χ0n) is 44.7. The van der Waals surface area contributed by atoms with Gasteiger partial charge in [0.15, 0.2) is 0 Å². The molecule has 0 rings (SSSR count). The van der Waals surface area contributed by atoms with Gasteiger partial charge in [-0.25, -0.2) is 0 Å². The van der Waals surface area contributed by atoms with Crippen molar-refractivity contribution in [1.82, 2.24) is 5.32 Å². The van der Waals surface area contributed by atoms with E-state index in [9.17, 15) is 19.8 Å². The highest BCUT2D eigenvalue weighted by atomic mass is 16.5. The molecule has 0 aliphatic heterocycles. The molecule has 0 aliphatic rings. The summed E-state index contributed by atoms with van der Waals surface area (Å²) in [7, 11) is 0. The van der Waals surface area contributed by atoms with Gasteiger partial charge in [0.2, 0.25) is 5.91 Å². The lowest BCUT2D eigenvalue weighted by atomic mass is 10.0. The molecule has 0 aliphatic carbocycles. The number of hydrogen-bond acceptors (Lipinski definition) is 5. The summed E-state index contributed by atoms with van der Waals surface area (Å²) in [5.41, 5.74) is 0. The third-order valence-corrected chi connectivity index (χ3v) is 14.1. The first kappa shape index (κ1) is 64.6. The van der Waals surface area contributed by atoms with Crippen molar-refractivity contribution >= 4 is 11.9 Å². The largest absolute Gasteiger partial charge is 0.466 e. The fourth-order valence-corrected chi connectivity index (χ4v) is 9.46. The van der Waals surface area contributed by atoms with E-state index in [2.05, 4.69) is 19.2 Å². The molecule has 0 bridgehead atoms. The number of nitrogens with one attached hydrogen (secondary N) is 1. The van der Waals surface area contributed by atoms with Gasteiger partial charge < -0.3 is 20.3 Å². The minimum absolute atomic E-state index is 0.0140. The Hall–Kier alpha value is -1.40. The van der Waals surface area contributed by atoms with Crippen molar-refractivity contribution in [2.24, 2.45) is 0 Å². The number of unbranched alkanes of at least 4 members (excludes halogenated alkanes) is 45. The Morgan fingerprint density at radius 3 is 1.03 bits per heavy atom. The second-order valence-corrected chi connectivity index (χ2v) is 20.7. The number of allylic oxidation sites excluding steroid dienone is 1. The zero-order valence-corrected chi connectivity index (χ0v) is 44.7. The first-order valence-corrected chi connectivity index (χ1v) is 30.0. The maximum absolute atomic E-state index is 12.5. The van der Waals surface area contributed by atoms with Crippen molar-refractivity contribution in [2.75, 3.05) is 13.2 Å². The van der Waals surface area contributed by atoms with Crippen LogP contribution in [-0.2, 0) is 14.3 Å². The van der Waals surface area contributed by atoms with Crippen LogP contribution in [0.25, 0.3) is 0 Å². The zero-order chi connectivity index (χ0) is 47.9. The van der Waals surface area contributed by atoms with Gasteiger partial charge in [0.1, 0.15) is 0 Å². The molecule has 0 radical (unpaired) electrons. The third-order valence-electron chi connectivity index (χ3n) is 14.1. The van der Waals surface area contributed by atoms with Crippen molar-refractivity contribution in [3.63, 3.8) is 0 Å². The maximum atomic E-state index is 12.5. The van der Waals surface area contributed by atoms with Crippen LogP contribution in [0.3, 0.4) is 0 Å². The van der Waals surface area contributed by atoms with E-state index in [1.54, 1.807) is 6.08 Å². The number of aliphatic hydroxyl groups is 2. The molecule has 0 fully saturated rings. The molecule has 2 atom stereocenters. The SMILES string of the molecule is CCCCCCCCCCCCCCC/C=C/C(O)C(CO)NC(=O)CCCCCCCCCCCCCCCCCCCCCCCCCOC(=O)CCCCCCCCCCCCC. The Balaban J connectivity index is 3.39. The molecule has 0 saturated heterocycles. The number of esters is 1. The number of rotatable bonds is 56. The summed E-state index contributed by atoms with van der Waals surface area (Å²) >= 11 is 0. The molecule has 6 nitrogen and oxygen atoms in total. The molecular formula is C60H117NO5. The van der Waals surface area contributed by atoms with Gasteiger partial charge in [0.05, 0.1) is 25.4 Å². The summed E-state index contributed by atoms with van der Waals surface area (Å²) in [5, 5.41) is 23.1. The molecule has 66 heavy (non-hydrogen) atoms. The van der Waals surface area contributed by atoms with Crippen molar-refractivity contribution < 1.29 is 24.5 Å². The van der Waals surface area contributed by atoms with Crippen LogP contribution < -0.4 is 5.32 Å². The summed E-state index contributed by atoms with van der Waals surface area (Å²) in [4.78, 5) is 24.4. The molecule has 3 N–H and O–H groups in total. The van der Waals surface area contributed by atoms with Gasteiger partial charge in [0, 0.05) is 12.8 Å². The van der Waals surface area contributed by atoms with Crippen molar-refractivity contribution in [3.05, 3.63) is 12.2 Å². The Morgan fingerprint density at radius 1 is 0.409 bits per heavy atom. The number of hydrogen-bond donors (Lipinski definition) is 3. The molecule has 0 aromatic rings. The van der Waals surface area contributed by atoms with Crippen molar-refractivity contribution in [3.8, 4) is 0 Å². The minimum atomic E-state index is -0.843. The molecule has 0 saturated carbocycles. The van der Waals surface area contributed by atoms with Crippen LogP contribution in [0, 0.1) is 0 Å². The highest BCUT2D eigenvalue weighted by Gasteiger charge is 2.18. The lowest BCUT2D eigenvalue weighted by Gasteiger charge is -2.20. The first-order chi connectivity index (χ1) is 32.5. The van der Waals surface area contributed by atoms with Crippen LogP contribution in [0.5, 0.6) is 0 Å². The van der Waals surface area contributed by atoms with E-state index in [4.69, 9.17) is 4.74 Å². The van der Waals surface area contributed by atoms with E-state index in [1.165, 1.54) is 270 Å². The predicted octanol–water partition coefficient (Wildman–Crippen LogP) is 18.5. The quantitative estimate of drug-likeness (QED) is 0.0321. The second-order valence-electron chi connectivity index (χ2n) is 20.7. The van der Waals surface area contributed by atoms with E-state index in [-0.39, 0.29) is 18.5 Å².